The third-order valence-electron chi connectivity index (χ3n) is 5.34. The van der Waals surface area contributed by atoms with Crippen molar-refractivity contribution in [2.45, 2.75) is 13.8 Å². The molecule has 8 heteroatoms. The zero-order chi connectivity index (χ0) is 21.8. The molecule has 0 bridgehead atoms. The first-order valence-electron chi connectivity index (χ1n) is 10.4. The molecule has 0 atom stereocenters. The van der Waals surface area contributed by atoms with Gasteiger partial charge in [-0.2, -0.15) is 0 Å². The van der Waals surface area contributed by atoms with E-state index >= 15 is 0 Å². The van der Waals surface area contributed by atoms with Crippen LogP contribution in [0.5, 0.6) is 5.75 Å². The summed E-state index contributed by atoms with van der Waals surface area (Å²) in [6, 6.07) is 11.5. The molecule has 2 heterocycles. The maximum absolute atomic E-state index is 13.2. The molecule has 1 aliphatic heterocycles. The van der Waals surface area contributed by atoms with Gasteiger partial charge in [0, 0.05) is 26.2 Å². The Morgan fingerprint density at radius 2 is 1.94 bits per heavy atom. The average molecular weight is 460 g/mol. The van der Waals surface area contributed by atoms with E-state index in [4.69, 9.17) is 26.1 Å². The third kappa shape index (κ3) is 5.36. The van der Waals surface area contributed by atoms with Crippen molar-refractivity contribution < 1.29 is 14.3 Å². The van der Waals surface area contributed by atoms with Crippen molar-refractivity contribution in [2.75, 3.05) is 50.9 Å². The number of carbonyl (C=O) groups excluding carboxylic acids is 1. The van der Waals surface area contributed by atoms with Crippen LogP contribution in [0.2, 0.25) is 5.02 Å². The highest BCUT2D eigenvalue weighted by molar-refractivity contribution is 7.23. The monoisotopic (exact) mass is 459 g/mol. The van der Waals surface area contributed by atoms with Crippen LogP contribution < -0.4 is 9.64 Å². The standard InChI is InChI=1S/C23H26ClN3O3S/c1-16-3-6-18(7-4-16)30-15-20(28)27(10-9-26-11-13-29-14-12-26)23-25-21-17(2)5-8-19(24)22(21)31-23/h3-8H,9-15H2,1-2H3. The van der Waals surface area contributed by atoms with E-state index in [0.29, 0.717) is 22.4 Å². The van der Waals surface area contributed by atoms with Crippen LogP contribution in [0.3, 0.4) is 0 Å². The number of amides is 1. The second-order valence-corrected chi connectivity index (χ2v) is 9.02. The molecule has 31 heavy (non-hydrogen) atoms. The number of aromatic nitrogens is 1. The molecule has 1 aliphatic rings. The number of ether oxygens (including phenoxy) is 2. The second kappa shape index (κ2) is 9.96. The normalized spacial score (nSPS) is 14.7. The molecule has 4 rings (SSSR count). The Labute approximate surface area is 191 Å². The number of nitrogens with zero attached hydrogens (tertiary/aromatic N) is 3. The maximum atomic E-state index is 13.2. The number of anilines is 1. The summed E-state index contributed by atoms with van der Waals surface area (Å²) in [7, 11) is 0. The van der Waals surface area contributed by atoms with Gasteiger partial charge in [-0.3, -0.25) is 14.6 Å². The highest BCUT2D eigenvalue weighted by atomic mass is 35.5. The lowest BCUT2D eigenvalue weighted by atomic mass is 10.2. The number of benzene rings is 2. The van der Waals surface area contributed by atoms with Gasteiger partial charge >= 0.3 is 0 Å². The molecule has 6 nitrogen and oxygen atoms in total. The minimum absolute atomic E-state index is 0.0468. The molecule has 1 aromatic heterocycles. The van der Waals surface area contributed by atoms with Gasteiger partial charge in [-0.1, -0.05) is 46.7 Å². The van der Waals surface area contributed by atoms with Crippen LogP contribution in [0.15, 0.2) is 36.4 Å². The van der Waals surface area contributed by atoms with Crippen molar-refractivity contribution in [3.8, 4) is 5.75 Å². The lowest BCUT2D eigenvalue weighted by Crippen LogP contribution is -2.44. The fourth-order valence-corrected chi connectivity index (χ4v) is 4.82. The molecule has 1 amide bonds. The Kier molecular flexibility index (Phi) is 7.07. The van der Waals surface area contributed by atoms with Crippen LogP contribution in [0.4, 0.5) is 5.13 Å². The number of fused-ring (bicyclic) bond motifs is 1. The van der Waals surface area contributed by atoms with Crippen molar-refractivity contribution in [1.82, 2.24) is 9.88 Å². The van der Waals surface area contributed by atoms with Gasteiger partial charge in [-0.15, -0.1) is 0 Å². The van der Waals surface area contributed by atoms with E-state index in [1.165, 1.54) is 11.3 Å². The zero-order valence-corrected chi connectivity index (χ0v) is 19.3. The Balaban J connectivity index is 1.54. The van der Waals surface area contributed by atoms with E-state index in [1.54, 1.807) is 4.90 Å². The smallest absolute Gasteiger partial charge is 0.266 e. The van der Waals surface area contributed by atoms with E-state index in [-0.39, 0.29) is 12.5 Å². The molecule has 0 aliphatic carbocycles. The minimum atomic E-state index is -0.123. The molecule has 1 saturated heterocycles. The molecule has 0 unspecified atom stereocenters. The molecule has 0 radical (unpaired) electrons. The van der Waals surface area contributed by atoms with Crippen molar-refractivity contribution in [3.05, 3.63) is 52.5 Å². The zero-order valence-electron chi connectivity index (χ0n) is 17.8. The number of rotatable bonds is 7. The Bertz CT molecular complexity index is 1010. The first-order chi connectivity index (χ1) is 15.0. The third-order valence-corrected chi connectivity index (χ3v) is 6.88. The van der Waals surface area contributed by atoms with Crippen molar-refractivity contribution >= 4 is 44.2 Å². The van der Waals surface area contributed by atoms with Gasteiger partial charge < -0.3 is 9.47 Å². The molecule has 0 saturated carbocycles. The van der Waals surface area contributed by atoms with Gasteiger partial charge in [-0.05, 0) is 37.6 Å². The molecule has 164 valence electrons. The molecule has 0 spiro atoms. The van der Waals surface area contributed by atoms with Gasteiger partial charge in [0.05, 0.1) is 28.5 Å². The van der Waals surface area contributed by atoms with Crippen LogP contribution in [0.1, 0.15) is 11.1 Å². The van der Waals surface area contributed by atoms with Crippen LogP contribution in [-0.2, 0) is 9.53 Å². The molecule has 1 fully saturated rings. The highest BCUT2D eigenvalue weighted by Crippen LogP contribution is 2.35. The number of morpholine rings is 1. The SMILES string of the molecule is Cc1ccc(OCC(=O)N(CCN2CCOCC2)c2nc3c(C)ccc(Cl)c3s2)cc1. The summed E-state index contributed by atoms with van der Waals surface area (Å²) in [5, 5.41) is 1.30. The molecule has 0 N–H and O–H groups in total. The summed E-state index contributed by atoms with van der Waals surface area (Å²) in [5.41, 5.74) is 3.03. The number of hydrogen-bond acceptors (Lipinski definition) is 6. The number of hydrogen-bond donors (Lipinski definition) is 0. The Hall–Kier alpha value is -2.19. The first kappa shape index (κ1) is 22.0. The minimum Gasteiger partial charge on any atom is -0.484 e. The van der Waals surface area contributed by atoms with E-state index in [2.05, 4.69) is 4.90 Å². The average Bonchev–Trinajstić information content (AvgIpc) is 3.23. The van der Waals surface area contributed by atoms with Crippen LogP contribution in [0, 0.1) is 13.8 Å². The van der Waals surface area contributed by atoms with Gasteiger partial charge in [-0.25, -0.2) is 4.98 Å². The lowest BCUT2D eigenvalue weighted by molar-refractivity contribution is -0.120. The fraction of sp³-hybridized carbons (Fsp3) is 0.391. The first-order valence-corrected chi connectivity index (χ1v) is 11.6. The second-order valence-electron chi connectivity index (χ2n) is 7.64. The highest BCUT2D eigenvalue weighted by Gasteiger charge is 2.23. The van der Waals surface area contributed by atoms with Gasteiger partial charge in [0.1, 0.15) is 5.75 Å². The molecule has 2 aromatic carbocycles. The van der Waals surface area contributed by atoms with Crippen LogP contribution >= 0.6 is 22.9 Å². The van der Waals surface area contributed by atoms with E-state index in [0.717, 1.165) is 54.2 Å². The lowest BCUT2D eigenvalue weighted by Gasteiger charge is -2.29. The summed E-state index contributed by atoms with van der Waals surface area (Å²) >= 11 is 7.85. The van der Waals surface area contributed by atoms with Gasteiger partial charge in [0.2, 0.25) is 0 Å². The topological polar surface area (TPSA) is 54.9 Å². The van der Waals surface area contributed by atoms with Crippen molar-refractivity contribution in [3.63, 3.8) is 0 Å². The van der Waals surface area contributed by atoms with Crippen molar-refractivity contribution in [1.29, 1.82) is 0 Å². The Morgan fingerprint density at radius 1 is 1.19 bits per heavy atom. The quantitative estimate of drug-likeness (QED) is 0.527. The molecular weight excluding hydrogens is 434 g/mol. The van der Waals surface area contributed by atoms with Crippen LogP contribution in [-0.4, -0.2) is 61.8 Å². The predicted molar refractivity (Wildman–Crippen MR) is 126 cm³/mol. The summed E-state index contributed by atoms with van der Waals surface area (Å²) in [6.07, 6.45) is 0. The van der Waals surface area contributed by atoms with E-state index < -0.39 is 0 Å². The number of carbonyl (C=O) groups is 1. The fourth-order valence-electron chi connectivity index (χ4n) is 3.46. The molecular formula is C23H26ClN3O3S. The number of aryl methyl sites for hydroxylation is 2. The van der Waals surface area contributed by atoms with Crippen LogP contribution in [0.25, 0.3) is 10.2 Å². The van der Waals surface area contributed by atoms with Crippen molar-refractivity contribution in [2.24, 2.45) is 0 Å². The summed E-state index contributed by atoms with van der Waals surface area (Å²) in [6.45, 7) is 8.44. The largest absolute Gasteiger partial charge is 0.484 e. The number of thiazole rings is 1. The summed E-state index contributed by atoms with van der Waals surface area (Å²) in [5.74, 6) is 0.553. The predicted octanol–water partition coefficient (Wildman–Crippen LogP) is 4.31. The number of halogens is 1. The summed E-state index contributed by atoms with van der Waals surface area (Å²) in [4.78, 5) is 22.0. The maximum Gasteiger partial charge on any atom is 0.266 e. The van der Waals surface area contributed by atoms with Gasteiger partial charge in [0.25, 0.3) is 5.91 Å². The van der Waals surface area contributed by atoms with Gasteiger partial charge in [0.15, 0.2) is 11.7 Å². The van der Waals surface area contributed by atoms with E-state index in [9.17, 15) is 4.79 Å². The summed E-state index contributed by atoms with van der Waals surface area (Å²) < 4.78 is 12.1. The van der Waals surface area contributed by atoms with E-state index in [1.807, 2.05) is 50.2 Å². The Morgan fingerprint density at radius 3 is 2.65 bits per heavy atom. The molecule has 3 aromatic rings.